The van der Waals surface area contributed by atoms with Crippen LogP contribution in [0.2, 0.25) is 0 Å². The molecule has 2 N–H and O–H groups in total. The number of carbonyl (C=O) groups excluding carboxylic acids is 1. The normalized spacial score (nSPS) is 13.2. The van der Waals surface area contributed by atoms with Crippen molar-refractivity contribution in [3.05, 3.63) is 47.4 Å². The van der Waals surface area contributed by atoms with Crippen molar-refractivity contribution >= 4 is 11.9 Å². The number of aliphatic carboxylic acids is 1. The van der Waals surface area contributed by atoms with E-state index in [4.69, 9.17) is 4.52 Å². The molecule has 26 heavy (non-hydrogen) atoms. The molecule has 0 fully saturated rings. The number of rotatable bonds is 9. The molecule has 2 rings (SSSR count). The molecule has 0 spiro atoms. The van der Waals surface area contributed by atoms with E-state index in [-0.39, 0.29) is 6.42 Å². The molecule has 1 unspecified atom stereocenters. The Bertz CT molecular complexity index is 760. The van der Waals surface area contributed by atoms with E-state index < -0.39 is 23.2 Å². The summed E-state index contributed by atoms with van der Waals surface area (Å²) in [5.74, 6) is -1.02. The Balaban J connectivity index is 1.93. The molecule has 1 atom stereocenters. The maximum absolute atomic E-state index is 13.1. The monoisotopic (exact) mass is 363 g/mol. The van der Waals surface area contributed by atoms with Gasteiger partial charge in [-0.25, -0.2) is 9.18 Å². The van der Waals surface area contributed by atoms with Crippen molar-refractivity contribution in [3.63, 3.8) is 0 Å². The molecule has 1 aromatic heterocycles. The Morgan fingerprint density at radius 1 is 1.27 bits per heavy atom. The largest absolute Gasteiger partial charge is 0.479 e. The van der Waals surface area contributed by atoms with Gasteiger partial charge < -0.3 is 14.9 Å². The maximum Gasteiger partial charge on any atom is 0.333 e. The van der Waals surface area contributed by atoms with Crippen LogP contribution in [0.25, 0.3) is 0 Å². The van der Waals surface area contributed by atoms with Crippen molar-refractivity contribution in [2.24, 2.45) is 0 Å². The summed E-state index contributed by atoms with van der Waals surface area (Å²) in [7, 11) is 0. The SMILES string of the molecule is CCCc1noc(CCCC(=O)NC(C)(C(=O)O)c2ccc(F)cc2)n1. The van der Waals surface area contributed by atoms with E-state index in [1.807, 2.05) is 6.92 Å². The first-order chi connectivity index (χ1) is 12.3. The number of carboxylic acid groups (broad SMARTS) is 1. The lowest BCUT2D eigenvalue weighted by Gasteiger charge is -2.26. The fourth-order valence-electron chi connectivity index (χ4n) is 2.49. The Hall–Kier alpha value is -2.77. The summed E-state index contributed by atoms with van der Waals surface area (Å²) in [4.78, 5) is 28.1. The van der Waals surface area contributed by atoms with Gasteiger partial charge in [-0.3, -0.25) is 4.79 Å². The van der Waals surface area contributed by atoms with Gasteiger partial charge in [0.25, 0.3) is 0 Å². The van der Waals surface area contributed by atoms with Gasteiger partial charge in [0.05, 0.1) is 0 Å². The summed E-state index contributed by atoms with van der Waals surface area (Å²) in [5, 5.41) is 15.9. The Morgan fingerprint density at radius 3 is 2.58 bits per heavy atom. The molecule has 0 aliphatic carbocycles. The highest BCUT2D eigenvalue weighted by Gasteiger charge is 2.36. The van der Waals surface area contributed by atoms with Gasteiger partial charge in [-0.15, -0.1) is 0 Å². The van der Waals surface area contributed by atoms with Crippen LogP contribution in [0.3, 0.4) is 0 Å². The number of aryl methyl sites for hydroxylation is 2. The van der Waals surface area contributed by atoms with E-state index in [1.54, 1.807) is 0 Å². The third-order valence-corrected chi connectivity index (χ3v) is 4.02. The van der Waals surface area contributed by atoms with Crippen LogP contribution >= 0.6 is 0 Å². The van der Waals surface area contributed by atoms with E-state index in [2.05, 4.69) is 15.5 Å². The second-order valence-electron chi connectivity index (χ2n) is 6.19. The highest BCUT2D eigenvalue weighted by atomic mass is 19.1. The quantitative estimate of drug-likeness (QED) is 0.709. The molecule has 0 saturated heterocycles. The van der Waals surface area contributed by atoms with E-state index in [9.17, 15) is 19.1 Å². The van der Waals surface area contributed by atoms with Crippen molar-refractivity contribution in [3.8, 4) is 0 Å². The molecule has 1 aromatic carbocycles. The summed E-state index contributed by atoms with van der Waals surface area (Å²) >= 11 is 0. The second-order valence-corrected chi connectivity index (χ2v) is 6.19. The van der Waals surface area contributed by atoms with Crippen LogP contribution in [0.4, 0.5) is 4.39 Å². The van der Waals surface area contributed by atoms with Crippen LogP contribution in [-0.2, 0) is 28.0 Å². The van der Waals surface area contributed by atoms with Crippen LogP contribution in [-0.4, -0.2) is 27.1 Å². The van der Waals surface area contributed by atoms with E-state index in [1.165, 1.54) is 19.1 Å². The first kappa shape index (κ1) is 19.6. The number of carboxylic acids is 1. The fourth-order valence-corrected chi connectivity index (χ4v) is 2.49. The standard InChI is InChI=1S/C18H22FN3O4/c1-3-5-14-20-16(26-22-14)7-4-6-15(23)21-18(2,17(24)25)12-8-10-13(19)11-9-12/h8-11H,3-7H2,1-2H3,(H,21,23)(H,24,25). The summed E-state index contributed by atoms with van der Waals surface area (Å²) < 4.78 is 18.2. The van der Waals surface area contributed by atoms with Crippen molar-refractivity contribution in [1.29, 1.82) is 0 Å². The topological polar surface area (TPSA) is 105 Å². The minimum atomic E-state index is -1.64. The molecule has 0 radical (unpaired) electrons. The lowest BCUT2D eigenvalue weighted by atomic mass is 9.91. The molecular formula is C18H22FN3O4. The molecular weight excluding hydrogens is 341 g/mol. The van der Waals surface area contributed by atoms with Crippen molar-refractivity contribution in [1.82, 2.24) is 15.5 Å². The van der Waals surface area contributed by atoms with Crippen molar-refractivity contribution in [2.75, 3.05) is 0 Å². The third-order valence-electron chi connectivity index (χ3n) is 4.02. The molecule has 0 bridgehead atoms. The number of halogens is 1. The minimum absolute atomic E-state index is 0.107. The molecule has 0 saturated carbocycles. The van der Waals surface area contributed by atoms with E-state index in [0.717, 1.165) is 25.0 Å². The first-order valence-corrected chi connectivity index (χ1v) is 8.47. The number of hydrogen-bond donors (Lipinski definition) is 2. The van der Waals surface area contributed by atoms with Gasteiger partial charge >= 0.3 is 5.97 Å². The summed E-state index contributed by atoms with van der Waals surface area (Å²) in [6.07, 6.45) is 2.63. The van der Waals surface area contributed by atoms with Gasteiger partial charge in [0.2, 0.25) is 11.8 Å². The summed E-state index contributed by atoms with van der Waals surface area (Å²) in [6.45, 7) is 3.39. The average Bonchev–Trinajstić information content (AvgIpc) is 3.03. The fraction of sp³-hybridized carbons (Fsp3) is 0.444. The smallest absolute Gasteiger partial charge is 0.333 e. The second kappa shape index (κ2) is 8.55. The molecule has 1 heterocycles. The third kappa shape index (κ3) is 4.87. The summed E-state index contributed by atoms with van der Waals surface area (Å²) in [5.41, 5.74) is -1.34. The number of nitrogens with one attached hydrogen (secondary N) is 1. The molecule has 1 amide bonds. The Labute approximate surface area is 150 Å². The van der Waals surface area contributed by atoms with E-state index >= 15 is 0 Å². The number of carbonyl (C=O) groups is 2. The summed E-state index contributed by atoms with van der Waals surface area (Å²) in [6, 6.07) is 5.01. The van der Waals surface area contributed by atoms with Gasteiger partial charge in [-0.2, -0.15) is 4.98 Å². The van der Waals surface area contributed by atoms with Gasteiger partial charge in [-0.05, 0) is 37.5 Å². The molecule has 0 aliphatic heterocycles. The predicted octanol–water partition coefficient (Wildman–Crippen LogP) is 2.60. The van der Waals surface area contributed by atoms with Crippen LogP contribution < -0.4 is 5.32 Å². The molecule has 8 heteroatoms. The first-order valence-electron chi connectivity index (χ1n) is 8.47. The molecule has 140 valence electrons. The highest BCUT2D eigenvalue weighted by molar-refractivity contribution is 5.87. The number of hydrogen-bond acceptors (Lipinski definition) is 5. The van der Waals surface area contributed by atoms with Gasteiger partial charge in [-0.1, -0.05) is 24.2 Å². The minimum Gasteiger partial charge on any atom is -0.479 e. The Kier molecular flexibility index (Phi) is 6.43. The maximum atomic E-state index is 13.1. The number of benzene rings is 1. The lowest BCUT2D eigenvalue weighted by Crippen LogP contribution is -2.49. The zero-order chi connectivity index (χ0) is 19.2. The van der Waals surface area contributed by atoms with Gasteiger partial charge in [0, 0.05) is 19.3 Å². The van der Waals surface area contributed by atoms with Crippen molar-refractivity contribution < 1.29 is 23.6 Å². The number of nitrogens with zero attached hydrogens (tertiary/aromatic N) is 2. The molecule has 0 aliphatic rings. The van der Waals surface area contributed by atoms with Gasteiger partial charge in [0.15, 0.2) is 11.4 Å². The van der Waals surface area contributed by atoms with Crippen LogP contribution in [0.5, 0.6) is 0 Å². The average molecular weight is 363 g/mol. The zero-order valence-corrected chi connectivity index (χ0v) is 14.8. The number of amides is 1. The van der Waals surface area contributed by atoms with Crippen LogP contribution in [0.15, 0.2) is 28.8 Å². The van der Waals surface area contributed by atoms with Crippen molar-refractivity contribution in [2.45, 2.75) is 51.5 Å². The van der Waals surface area contributed by atoms with Crippen LogP contribution in [0, 0.1) is 5.82 Å². The lowest BCUT2D eigenvalue weighted by molar-refractivity contribution is -0.147. The van der Waals surface area contributed by atoms with Crippen LogP contribution in [0.1, 0.15) is 50.4 Å². The molecule has 2 aromatic rings. The van der Waals surface area contributed by atoms with E-state index in [0.29, 0.717) is 30.1 Å². The molecule has 7 nitrogen and oxygen atoms in total. The highest BCUT2D eigenvalue weighted by Crippen LogP contribution is 2.22. The Morgan fingerprint density at radius 2 is 1.96 bits per heavy atom. The van der Waals surface area contributed by atoms with Gasteiger partial charge in [0.1, 0.15) is 5.82 Å². The number of aromatic nitrogens is 2. The zero-order valence-electron chi connectivity index (χ0n) is 14.8. The predicted molar refractivity (Wildman–Crippen MR) is 90.8 cm³/mol.